The Kier molecular flexibility index (Phi) is 4.77. The Morgan fingerprint density at radius 1 is 0.969 bits per heavy atom. The van der Waals surface area contributed by atoms with Gasteiger partial charge in [-0.2, -0.15) is 10.2 Å². The van der Waals surface area contributed by atoms with E-state index in [0.717, 1.165) is 6.07 Å². The molecule has 0 amide bonds. The number of benzene rings is 2. The van der Waals surface area contributed by atoms with E-state index in [4.69, 9.17) is 4.74 Å². The van der Waals surface area contributed by atoms with Crippen molar-refractivity contribution in [3.05, 3.63) is 78.3 Å². The summed E-state index contributed by atoms with van der Waals surface area (Å²) in [6.45, 7) is -0.0415. The van der Waals surface area contributed by atoms with E-state index in [1.165, 1.54) is 46.0 Å². The van der Waals surface area contributed by atoms with Crippen LogP contribution in [0.4, 0.5) is 13.2 Å². The second kappa shape index (κ2) is 7.76. The lowest BCUT2D eigenvalue weighted by Gasteiger charge is -2.07. The maximum atomic E-state index is 14.7. The van der Waals surface area contributed by atoms with E-state index in [1.807, 2.05) is 0 Å². The van der Waals surface area contributed by atoms with E-state index in [-0.39, 0.29) is 40.5 Å². The molecule has 11 heteroatoms. The molecule has 0 radical (unpaired) electrons. The second-order valence-corrected chi connectivity index (χ2v) is 6.82. The molecule has 0 N–H and O–H groups in total. The van der Waals surface area contributed by atoms with Crippen LogP contribution in [0.2, 0.25) is 0 Å². The number of fused-ring (bicyclic) bond motifs is 1. The molecule has 32 heavy (non-hydrogen) atoms. The minimum Gasteiger partial charge on any atom is -0.468 e. The smallest absolute Gasteiger partial charge is 0.242 e. The third-order valence-corrected chi connectivity index (χ3v) is 4.90. The summed E-state index contributed by atoms with van der Waals surface area (Å²) in [6.07, 6.45) is 2.69. The number of ether oxygens (including phenoxy) is 1. The Morgan fingerprint density at radius 3 is 2.53 bits per heavy atom. The zero-order valence-corrected chi connectivity index (χ0v) is 16.6. The molecule has 0 saturated carbocycles. The largest absolute Gasteiger partial charge is 0.468 e. The first-order valence-corrected chi connectivity index (χ1v) is 9.44. The number of hydrogen-bond donors (Lipinski definition) is 0. The Morgan fingerprint density at radius 2 is 1.75 bits per heavy atom. The van der Waals surface area contributed by atoms with E-state index in [0.29, 0.717) is 5.82 Å². The van der Waals surface area contributed by atoms with E-state index < -0.39 is 17.5 Å². The van der Waals surface area contributed by atoms with Crippen LogP contribution in [-0.2, 0) is 13.7 Å². The first kappa shape index (κ1) is 19.7. The monoisotopic (exact) mass is 437 g/mol. The van der Waals surface area contributed by atoms with Crippen molar-refractivity contribution in [2.45, 2.75) is 6.61 Å². The van der Waals surface area contributed by atoms with Gasteiger partial charge >= 0.3 is 0 Å². The molecule has 3 heterocycles. The molecule has 5 rings (SSSR count). The Hall–Kier alpha value is -4.28. The quantitative estimate of drug-likeness (QED) is 0.418. The molecule has 0 aliphatic carbocycles. The van der Waals surface area contributed by atoms with Gasteiger partial charge in [0, 0.05) is 12.6 Å². The zero-order chi connectivity index (χ0) is 22.2. The number of nitrogens with zero attached hydrogens (tertiary/aromatic N) is 7. The molecule has 0 aliphatic rings. The fourth-order valence-corrected chi connectivity index (χ4v) is 3.32. The van der Waals surface area contributed by atoms with E-state index >= 15 is 0 Å². The minimum absolute atomic E-state index is 0.0233. The summed E-state index contributed by atoms with van der Waals surface area (Å²) < 4.78 is 51.8. The fraction of sp³-hybridized carbons (Fsp3) is 0.0952. The highest BCUT2D eigenvalue weighted by atomic mass is 19.2. The summed E-state index contributed by atoms with van der Waals surface area (Å²) in [5.74, 6) is -2.10. The van der Waals surface area contributed by atoms with Gasteiger partial charge in [0.05, 0.1) is 17.3 Å². The van der Waals surface area contributed by atoms with Crippen LogP contribution >= 0.6 is 0 Å². The molecule has 0 aliphatic heterocycles. The maximum Gasteiger partial charge on any atom is 0.242 e. The van der Waals surface area contributed by atoms with Crippen molar-refractivity contribution >= 4 is 5.52 Å². The molecule has 8 nitrogen and oxygen atoms in total. The molecule has 5 aromatic rings. The molecule has 0 atom stereocenters. The second-order valence-electron chi connectivity index (χ2n) is 6.82. The van der Waals surface area contributed by atoms with Crippen molar-refractivity contribution in [1.82, 2.24) is 34.6 Å². The number of aromatic nitrogens is 7. The molecule has 0 bridgehead atoms. The number of aryl methyl sites for hydroxylation is 1. The molecule has 0 saturated heterocycles. The predicted octanol–water partition coefficient (Wildman–Crippen LogP) is 3.58. The van der Waals surface area contributed by atoms with Gasteiger partial charge in [-0.25, -0.2) is 22.7 Å². The van der Waals surface area contributed by atoms with Crippen LogP contribution in [0.25, 0.3) is 28.0 Å². The summed E-state index contributed by atoms with van der Waals surface area (Å²) in [7, 11) is 1.69. The lowest BCUT2D eigenvalue weighted by molar-refractivity contribution is 0.278. The molecule has 160 valence electrons. The minimum atomic E-state index is -1.07. The summed E-state index contributed by atoms with van der Waals surface area (Å²) in [4.78, 5) is 4.08. The van der Waals surface area contributed by atoms with Crippen LogP contribution in [0.3, 0.4) is 0 Å². The van der Waals surface area contributed by atoms with Gasteiger partial charge in [-0.15, -0.1) is 10.2 Å². The molecular weight excluding hydrogens is 423 g/mol. The standard InChI is InChI=1S/C21H14F3N7O/c1-30-17(25-11-27-30)10-32-21-18(13-6-4-8-15(23)19(13)24)16-9-26-28-20(31(16)29-21)12-5-2-3-7-14(12)22/h2-9,11H,10H2,1H3. The molecule has 0 spiro atoms. The van der Waals surface area contributed by atoms with Crippen LogP contribution in [0, 0.1) is 17.5 Å². The van der Waals surface area contributed by atoms with Gasteiger partial charge in [-0.05, 0) is 18.2 Å². The van der Waals surface area contributed by atoms with Crippen LogP contribution < -0.4 is 4.74 Å². The maximum absolute atomic E-state index is 14.7. The van der Waals surface area contributed by atoms with Gasteiger partial charge < -0.3 is 4.74 Å². The van der Waals surface area contributed by atoms with Crippen molar-refractivity contribution < 1.29 is 17.9 Å². The van der Waals surface area contributed by atoms with Crippen LogP contribution in [-0.4, -0.2) is 34.6 Å². The third-order valence-electron chi connectivity index (χ3n) is 4.90. The van der Waals surface area contributed by atoms with Crippen molar-refractivity contribution in [1.29, 1.82) is 0 Å². The number of halogens is 3. The van der Waals surface area contributed by atoms with Gasteiger partial charge in [-0.1, -0.05) is 24.3 Å². The molecule has 2 aromatic carbocycles. The van der Waals surface area contributed by atoms with Crippen molar-refractivity contribution in [3.8, 4) is 28.4 Å². The van der Waals surface area contributed by atoms with Crippen LogP contribution in [0.15, 0.2) is 55.0 Å². The lowest BCUT2D eigenvalue weighted by Crippen LogP contribution is -2.05. The highest BCUT2D eigenvalue weighted by molar-refractivity contribution is 5.85. The van der Waals surface area contributed by atoms with Gasteiger partial charge in [0.2, 0.25) is 5.88 Å². The summed E-state index contributed by atoms with van der Waals surface area (Å²) in [5.41, 5.74) is 0.465. The third kappa shape index (κ3) is 3.23. The Labute approximate surface area is 178 Å². The van der Waals surface area contributed by atoms with Crippen LogP contribution in [0.1, 0.15) is 5.82 Å². The first-order valence-electron chi connectivity index (χ1n) is 9.44. The van der Waals surface area contributed by atoms with Gasteiger partial charge in [0.1, 0.15) is 24.3 Å². The average molecular weight is 437 g/mol. The summed E-state index contributed by atoms with van der Waals surface area (Å²) >= 11 is 0. The Balaban J connectivity index is 1.73. The molecule has 3 aromatic heterocycles. The lowest BCUT2D eigenvalue weighted by atomic mass is 10.1. The molecule has 0 unspecified atom stereocenters. The summed E-state index contributed by atoms with van der Waals surface area (Å²) in [5, 5.41) is 16.3. The topological polar surface area (TPSA) is 83.0 Å². The predicted molar refractivity (Wildman–Crippen MR) is 107 cm³/mol. The zero-order valence-electron chi connectivity index (χ0n) is 16.6. The van der Waals surface area contributed by atoms with Gasteiger partial charge in [0.25, 0.3) is 0 Å². The van der Waals surface area contributed by atoms with Crippen LogP contribution in [0.5, 0.6) is 5.88 Å². The van der Waals surface area contributed by atoms with Crippen molar-refractivity contribution in [2.75, 3.05) is 0 Å². The highest BCUT2D eigenvalue weighted by Gasteiger charge is 2.24. The SMILES string of the molecule is Cn1ncnc1COc1nn2c(-c3ccccc3F)nncc2c1-c1cccc(F)c1F. The summed E-state index contributed by atoms with van der Waals surface area (Å²) in [6, 6.07) is 9.75. The van der Waals surface area contributed by atoms with Gasteiger partial charge in [0.15, 0.2) is 23.3 Å². The van der Waals surface area contributed by atoms with Crippen molar-refractivity contribution in [3.63, 3.8) is 0 Å². The van der Waals surface area contributed by atoms with Crippen molar-refractivity contribution in [2.24, 2.45) is 7.05 Å². The highest BCUT2D eigenvalue weighted by Crippen LogP contribution is 2.37. The van der Waals surface area contributed by atoms with E-state index in [1.54, 1.807) is 19.2 Å². The average Bonchev–Trinajstić information content (AvgIpc) is 3.37. The Bertz CT molecular complexity index is 1450. The van der Waals surface area contributed by atoms with Gasteiger partial charge in [-0.3, -0.25) is 4.68 Å². The van der Waals surface area contributed by atoms with E-state index in [9.17, 15) is 13.2 Å². The first-order chi connectivity index (χ1) is 15.5. The number of hydrogen-bond acceptors (Lipinski definition) is 6. The normalized spacial score (nSPS) is 11.2. The fourth-order valence-electron chi connectivity index (χ4n) is 3.32. The van der Waals surface area contributed by atoms with E-state index in [2.05, 4.69) is 25.4 Å². The molecule has 0 fully saturated rings. The number of rotatable bonds is 5. The molecular formula is C21H14F3N7O.